The van der Waals surface area contributed by atoms with Gasteiger partial charge in [0.05, 0.1) is 18.0 Å². The normalized spacial score (nSPS) is 12.2. The van der Waals surface area contributed by atoms with Gasteiger partial charge in [-0.3, -0.25) is 10.1 Å². The van der Waals surface area contributed by atoms with Gasteiger partial charge in [-0.15, -0.1) is 0 Å². The van der Waals surface area contributed by atoms with Crippen molar-refractivity contribution in [2.45, 2.75) is 12.5 Å². The Morgan fingerprint density at radius 1 is 1.05 bits per heavy atom. The largest absolute Gasteiger partial charge is 0.388 e. The third-order valence-corrected chi connectivity index (χ3v) is 3.22. The Morgan fingerprint density at radius 2 is 1.85 bits per heavy atom. The number of aliphatic hydroxyl groups is 1. The van der Waals surface area contributed by atoms with Gasteiger partial charge < -0.3 is 5.11 Å². The molecule has 0 aliphatic rings. The number of hydrogen-bond acceptors (Lipinski definition) is 3. The zero-order valence-electron chi connectivity index (χ0n) is 10.9. The van der Waals surface area contributed by atoms with Gasteiger partial charge in [0.1, 0.15) is 0 Å². The minimum atomic E-state index is -0.626. The van der Waals surface area contributed by atoms with Gasteiger partial charge in [0, 0.05) is 23.9 Å². The second kappa shape index (κ2) is 5.67. The van der Waals surface area contributed by atoms with E-state index in [2.05, 4.69) is 15.2 Å². The second-order valence-corrected chi connectivity index (χ2v) is 4.61. The van der Waals surface area contributed by atoms with Gasteiger partial charge in [-0.1, -0.05) is 36.4 Å². The zero-order valence-corrected chi connectivity index (χ0v) is 10.9. The molecule has 0 aliphatic carbocycles. The van der Waals surface area contributed by atoms with Crippen LogP contribution in [0, 0.1) is 0 Å². The van der Waals surface area contributed by atoms with Gasteiger partial charge in [-0.25, -0.2) is 0 Å². The van der Waals surface area contributed by atoms with Gasteiger partial charge in [0.2, 0.25) is 0 Å². The number of aliphatic hydroxyl groups excluding tert-OH is 1. The van der Waals surface area contributed by atoms with E-state index in [9.17, 15) is 5.11 Å². The quantitative estimate of drug-likeness (QED) is 0.762. The van der Waals surface area contributed by atoms with Crippen LogP contribution in [0.1, 0.15) is 17.4 Å². The highest BCUT2D eigenvalue weighted by Crippen LogP contribution is 2.27. The maximum absolute atomic E-state index is 10.4. The summed E-state index contributed by atoms with van der Waals surface area (Å²) in [6.07, 6.45) is 3.25. The average molecular weight is 265 g/mol. The molecule has 1 unspecified atom stereocenters. The highest BCUT2D eigenvalue weighted by molar-refractivity contribution is 5.62. The van der Waals surface area contributed by atoms with Crippen molar-refractivity contribution in [2.75, 3.05) is 0 Å². The maximum atomic E-state index is 10.4. The molecule has 0 aliphatic heterocycles. The number of hydrogen-bond donors (Lipinski definition) is 2. The lowest BCUT2D eigenvalue weighted by atomic mass is 10.0. The predicted molar refractivity (Wildman–Crippen MR) is 76.9 cm³/mol. The maximum Gasteiger partial charge on any atom is 0.0882 e. The summed E-state index contributed by atoms with van der Waals surface area (Å²) < 4.78 is 0. The van der Waals surface area contributed by atoms with Gasteiger partial charge in [0.15, 0.2) is 0 Å². The second-order valence-electron chi connectivity index (χ2n) is 4.61. The van der Waals surface area contributed by atoms with E-state index in [0.717, 1.165) is 22.5 Å². The molecule has 4 heteroatoms. The van der Waals surface area contributed by atoms with E-state index in [1.165, 1.54) is 0 Å². The number of benzene rings is 1. The summed E-state index contributed by atoms with van der Waals surface area (Å²) in [4.78, 5) is 4.24. The third kappa shape index (κ3) is 2.60. The van der Waals surface area contributed by atoms with Crippen molar-refractivity contribution < 1.29 is 5.11 Å². The standard InChI is InChI=1S/C16H15N3O/c20-15(10-13-8-4-5-9-17-13)14-11-18-19-16(14)12-6-2-1-3-7-12/h1-9,11,15,20H,10H2,(H,18,19). The van der Waals surface area contributed by atoms with Crippen molar-refractivity contribution in [1.82, 2.24) is 15.2 Å². The number of nitrogens with one attached hydrogen (secondary N) is 1. The fraction of sp³-hybridized carbons (Fsp3) is 0.125. The van der Waals surface area contributed by atoms with Crippen LogP contribution in [0.25, 0.3) is 11.3 Å². The summed E-state index contributed by atoms with van der Waals surface area (Å²) >= 11 is 0. The predicted octanol–water partition coefficient (Wildman–Crippen LogP) is 2.75. The highest BCUT2D eigenvalue weighted by atomic mass is 16.3. The smallest absolute Gasteiger partial charge is 0.0882 e. The lowest BCUT2D eigenvalue weighted by Gasteiger charge is -2.10. The molecule has 0 spiro atoms. The Labute approximate surface area is 117 Å². The molecule has 4 nitrogen and oxygen atoms in total. The number of H-pyrrole nitrogens is 1. The minimum absolute atomic E-state index is 0.472. The summed E-state index contributed by atoms with van der Waals surface area (Å²) in [5.74, 6) is 0. The van der Waals surface area contributed by atoms with Gasteiger partial charge in [-0.2, -0.15) is 5.10 Å². The van der Waals surface area contributed by atoms with Crippen LogP contribution in [0.15, 0.2) is 60.9 Å². The van der Waals surface area contributed by atoms with Crippen LogP contribution in [0.2, 0.25) is 0 Å². The molecule has 0 saturated heterocycles. The van der Waals surface area contributed by atoms with E-state index in [1.807, 2.05) is 48.5 Å². The Hall–Kier alpha value is -2.46. The fourth-order valence-corrected chi connectivity index (χ4v) is 2.21. The Morgan fingerprint density at radius 3 is 2.60 bits per heavy atom. The molecule has 0 fully saturated rings. The topological polar surface area (TPSA) is 61.8 Å². The number of rotatable bonds is 4. The Balaban J connectivity index is 1.86. The fourth-order valence-electron chi connectivity index (χ4n) is 2.21. The van der Waals surface area contributed by atoms with E-state index >= 15 is 0 Å². The van der Waals surface area contributed by atoms with Crippen molar-refractivity contribution >= 4 is 0 Å². The van der Waals surface area contributed by atoms with Gasteiger partial charge in [0.25, 0.3) is 0 Å². The summed E-state index contributed by atoms with van der Waals surface area (Å²) in [5.41, 5.74) is 3.52. The molecule has 2 heterocycles. The zero-order chi connectivity index (χ0) is 13.8. The van der Waals surface area contributed by atoms with E-state index in [-0.39, 0.29) is 0 Å². The molecule has 0 saturated carbocycles. The van der Waals surface area contributed by atoms with Crippen molar-refractivity contribution in [3.63, 3.8) is 0 Å². The van der Waals surface area contributed by atoms with Crippen LogP contribution in [0.3, 0.4) is 0 Å². The lowest BCUT2D eigenvalue weighted by molar-refractivity contribution is 0.178. The monoisotopic (exact) mass is 265 g/mol. The van der Waals surface area contributed by atoms with Crippen LogP contribution in [-0.2, 0) is 6.42 Å². The van der Waals surface area contributed by atoms with Crippen LogP contribution >= 0.6 is 0 Å². The van der Waals surface area contributed by atoms with Crippen LogP contribution < -0.4 is 0 Å². The first-order valence-electron chi connectivity index (χ1n) is 6.51. The lowest BCUT2D eigenvalue weighted by Crippen LogP contribution is -2.03. The molecule has 100 valence electrons. The molecule has 0 bridgehead atoms. The number of nitrogens with zero attached hydrogens (tertiary/aromatic N) is 2. The Bertz CT molecular complexity index is 664. The van der Waals surface area contributed by atoms with Crippen LogP contribution in [0.4, 0.5) is 0 Å². The van der Waals surface area contributed by atoms with Crippen molar-refractivity contribution in [3.8, 4) is 11.3 Å². The molecule has 1 atom stereocenters. The number of aromatic amines is 1. The first-order valence-corrected chi connectivity index (χ1v) is 6.51. The van der Waals surface area contributed by atoms with Gasteiger partial charge >= 0.3 is 0 Å². The summed E-state index contributed by atoms with van der Waals surface area (Å²) in [7, 11) is 0. The third-order valence-electron chi connectivity index (χ3n) is 3.22. The Kier molecular flexibility index (Phi) is 3.56. The molecule has 3 aromatic rings. The summed E-state index contributed by atoms with van der Waals surface area (Å²) in [5, 5.41) is 17.4. The molecule has 1 aromatic carbocycles. The SMILES string of the molecule is OC(Cc1ccccn1)c1cn[nH]c1-c1ccccc1. The first kappa shape index (κ1) is 12.6. The van der Waals surface area contributed by atoms with Crippen molar-refractivity contribution in [1.29, 1.82) is 0 Å². The average Bonchev–Trinajstić information content (AvgIpc) is 2.99. The number of pyridine rings is 1. The summed E-state index contributed by atoms with van der Waals surface area (Å²) in [6, 6.07) is 15.6. The first-order chi connectivity index (χ1) is 9.84. The van der Waals surface area contributed by atoms with E-state index in [1.54, 1.807) is 12.4 Å². The molecule has 20 heavy (non-hydrogen) atoms. The molecule has 2 aromatic heterocycles. The van der Waals surface area contributed by atoms with E-state index in [4.69, 9.17) is 0 Å². The summed E-state index contributed by atoms with van der Waals surface area (Å²) in [6.45, 7) is 0. The van der Waals surface area contributed by atoms with Crippen LogP contribution in [0.5, 0.6) is 0 Å². The molecule has 0 amide bonds. The van der Waals surface area contributed by atoms with Crippen molar-refractivity contribution in [3.05, 3.63) is 72.2 Å². The van der Waals surface area contributed by atoms with Gasteiger partial charge in [-0.05, 0) is 17.7 Å². The van der Waals surface area contributed by atoms with E-state index in [0.29, 0.717) is 6.42 Å². The molecular weight excluding hydrogens is 250 g/mol. The van der Waals surface area contributed by atoms with Crippen molar-refractivity contribution in [2.24, 2.45) is 0 Å². The molecule has 2 N–H and O–H groups in total. The molecule has 0 radical (unpaired) electrons. The van der Waals surface area contributed by atoms with E-state index < -0.39 is 6.10 Å². The minimum Gasteiger partial charge on any atom is -0.388 e. The van der Waals surface area contributed by atoms with Crippen LogP contribution in [-0.4, -0.2) is 20.3 Å². The molecular formula is C16H15N3O. The highest BCUT2D eigenvalue weighted by Gasteiger charge is 2.16. The number of aromatic nitrogens is 3. The molecule has 3 rings (SSSR count).